The molecule has 1 unspecified atom stereocenters. The third-order valence-corrected chi connectivity index (χ3v) is 5.13. The fraction of sp³-hybridized carbons (Fsp3) is 0.278. The first-order valence-corrected chi connectivity index (χ1v) is 8.96. The van der Waals surface area contributed by atoms with Crippen LogP contribution in [-0.2, 0) is 11.3 Å². The molecule has 1 aliphatic heterocycles. The van der Waals surface area contributed by atoms with Gasteiger partial charge in [0.05, 0.1) is 5.39 Å². The van der Waals surface area contributed by atoms with E-state index in [2.05, 4.69) is 15.3 Å². The molecule has 0 radical (unpaired) electrons. The number of ether oxygens (including phenoxy) is 2. The van der Waals surface area contributed by atoms with Crippen LogP contribution in [0.15, 0.2) is 24.3 Å². The molecule has 0 saturated carbocycles. The minimum absolute atomic E-state index is 0.239. The Hall–Kier alpha value is -2.87. The van der Waals surface area contributed by atoms with Gasteiger partial charge in [0.1, 0.15) is 22.4 Å². The summed E-state index contributed by atoms with van der Waals surface area (Å²) in [6.07, 6.45) is 0. The lowest BCUT2D eigenvalue weighted by Gasteiger charge is -2.11. The Morgan fingerprint density at radius 3 is 2.92 bits per heavy atom. The lowest BCUT2D eigenvalue weighted by Crippen LogP contribution is -2.13. The molecule has 2 aromatic heterocycles. The highest BCUT2D eigenvalue weighted by Gasteiger charge is 2.20. The summed E-state index contributed by atoms with van der Waals surface area (Å²) in [5, 5.41) is 13.5. The fourth-order valence-electron chi connectivity index (χ4n) is 2.73. The number of carboxylic acids is 1. The van der Waals surface area contributed by atoms with Gasteiger partial charge >= 0.3 is 5.97 Å². The second-order valence-corrected chi connectivity index (χ2v) is 7.34. The molecule has 1 aliphatic rings. The molecule has 0 spiro atoms. The van der Waals surface area contributed by atoms with E-state index in [-0.39, 0.29) is 6.79 Å². The number of rotatable bonds is 5. The van der Waals surface area contributed by atoms with Crippen LogP contribution in [0.5, 0.6) is 11.5 Å². The molecule has 8 heteroatoms. The quantitative estimate of drug-likeness (QED) is 0.708. The Balaban J connectivity index is 1.65. The minimum Gasteiger partial charge on any atom is -0.481 e. The van der Waals surface area contributed by atoms with E-state index in [1.165, 1.54) is 11.3 Å². The summed E-state index contributed by atoms with van der Waals surface area (Å²) in [6, 6.07) is 7.77. The first-order chi connectivity index (χ1) is 12.5. The molecular formula is C18H17N3O4S. The molecule has 134 valence electrons. The van der Waals surface area contributed by atoms with Gasteiger partial charge in [-0.25, -0.2) is 9.97 Å². The lowest BCUT2D eigenvalue weighted by atomic mass is 10.1. The smallest absolute Gasteiger partial charge is 0.313 e. The van der Waals surface area contributed by atoms with Gasteiger partial charge in [-0.1, -0.05) is 6.07 Å². The van der Waals surface area contributed by atoms with Crippen LogP contribution in [0.3, 0.4) is 0 Å². The second-order valence-electron chi connectivity index (χ2n) is 6.11. The number of nitrogens with one attached hydrogen (secondary N) is 1. The van der Waals surface area contributed by atoms with Crippen molar-refractivity contribution >= 4 is 33.3 Å². The molecule has 0 aliphatic carbocycles. The van der Waals surface area contributed by atoms with Crippen LogP contribution < -0.4 is 14.8 Å². The Bertz CT molecular complexity index is 1000. The first kappa shape index (κ1) is 16.6. The summed E-state index contributed by atoms with van der Waals surface area (Å²) in [5.41, 5.74) is 1.01. The number of fused-ring (bicyclic) bond motifs is 2. The fourth-order valence-corrected chi connectivity index (χ4v) is 3.62. The van der Waals surface area contributed by atoms with E-state index in [9.17, 15) is 9.90 Å². The summed E-state index contributed by atoms with van der Waals surface area (Å²) in [6.45, 7) is 4.35. The van der Waals surface area contributed by atoms with Crippen molar-refractivity contribution < 1.29 is 19.4 Å². The number of anilines is 1. The normalized spacial score (nSPS) is 13.8. The largest absolute Gasteiger partial charge is 0.481 e. The molecule has 2 N–H and O–H groups in total. The average molecular weight is 371 g/mol. The SMILES string of the molecule is Cc1cc2c(NCc3ccc4c(c3)OCO4)nc(C(C)C(=O)O)nc2s1. The molecule has 3 heterocycles. The Labute approximate surface area is 153 Å². The molecule has 7 nitrogen and oxygen atoms in total. The van der Waals surface area contributed by atoms with Crippen LogP contribution in [-0.4, -0.2) is 27.8 Å². The van der Waals surface area contributed by atoms with Gasteiger partial charge in [0.2, 0.25) is 6.79 Å². The van der Waals surface area contributed by atoms with E-state index in [0.717, 1.165) is 32.2 Å². The van der Waals surface area contributed by atoms with Crippen molar-refractivity contribution in [2.75, 3.05) is 12.1 Å². The van der Waals surface area contributed by atoms with E-state index in [1.54, 1.807) is 6.92 Å². The number of nitrogens with zero attached hydrogens (tertiary/aromatic N) is 2. The highest BCUT2D eigenvalue weighted by molar-refractivity contribution is 7.18. The zero-order valence-corrected chi connectivity index (χ0v) is 15.1. The number of aryl methyl sites for hydroxylation is 1. The van der Waals surface area contributed by atoms with Crippen LogP contribution in [0, 0.1) is 6.92 Å². The standard InChI is InChI=1S/C18H17N3O4S/c1-9-5-12-16(20-15(10(2)18(22)23)21-17(12)26-9)19-7-11-3-4-13-14(6-11)25-8-24-13/h3-6,10H,7-8H2,1-2H3,(H,22,23)(H,19,20,21). The molecule has 0 bridgehead atoms. The molecule has 0 saturated heterocycles. The summed E-state index contributed by atoms with van der Waals surface area (Å²) in [5.74, 6) is 0.695. The average Bonchev–Trinajstić information content (AvgIpc) is 3.23. The molecule has 26 heavy (non-hydrogen) atoms. The number of carboxylic acid groups (broad SMARTS) is 1. The van der Waals surface area contributed by atoms with Gasteiger partial charge in [-0.15, -0.1) is 11.3 Å². The molecule has 4 rings (SSSR count). The van der Waals surface area contributed by atoms with Gasteiger partial charge in [-0.2, -0.15) is 0 Å². The topological polar surface area (TPSA) is 93.6 Å². The van der Waals surface area contributed by atoms with Crippen molar-refractivity contribution in [1.29, 1.82) is 0 Å². The number of hydrogen-bond acceptors (Lipinski definition) is 7. The number of benzene rings is 1. The van der Waals surface area contributed by atoms with E-state index < -0.39 is 11.9 Å². The van der Waals surface area contributed by atoms with Crippen LogP contribution in [0.25, 0.3) is 10.2 Å². The number of hydrogen-bond donors (Lipinski definition) is 2. The van der Waals surface area contributed by atoms with E-state index in [0.29, 0.717) is 18.2 Å². The lowest BCUT2D eigenvalue weighted by molar-refractivity contribution is -0.138. The molecular weight excluding hydrogens is 354 g/mol. The second kappa shape index (κ2) is 6.45. The predicted octanol–water partition coefficient (Wildman–Crippen LogP) is 3.53. The van der Waals surface area contributed by atoms with Crippen LogP contribution in [0.1, 0.15) is 29.1 Å². The molecule has 3 aromatic rings. The van der Waals surface area contributed by atoms with Crippen molar-refractivity contribution in [3.63, 3.8) is 0 Å². The minimum atomic E-state index is -0.945. The molecule has 1 aromatic carbocycles. The van der Waals surface area contributed by atoms with Crippen molar-refractivity contribution in [2.24, 2.45) is 0 Å². The summed E-state index contributed by atoms with van der Waals surface area (Å²) < 4.78 is 10.7. The van der Waals surface area contributed by atoms with Crippen LogP contribution in [0.2, 0.25) is 0 Å². The zero-order valence-electron chi connectivity index (χ0n) is 14.3. The van der Waals surface area contributed by atoms with Crippen molar-refractivity contribution in [1.82, 2.24) is 9.97 Å². The highest BCUT2D eigenvalue weighted by atomic mass is 32.1. The summed E-state index contributed by atoms with van der Waals surface area (Å²) in [4.78, 5) is 22.1. The Morgan fingerprint density at radius 1 is 1.31 bits per heavy atom. The van der Waals surface area contributed by atoms with Crippen LogP contribution >= 0.6 is 11.3 Å². The number of thiophene rings is 1. The van der Waals surface area contributed by atoms with E-state index >= 15 is 0 Å². The van der Waals surface area contributed by atoms with E-state index in [4.69, 9.17) is 9.47 Å². The number of aliphatic carboxylic acids is 1. The predicted molar refractivity (Wildman–Crippen MR) is 98.1 cm³/mol. The van der Waals surface area contributed by atoms with Crippen molar-refractivity contribution in [3.05, 3.63) is 40.5 Å². The monoisotopic (exact) mass is 371 g/mol. The van der Waals surface area contributed by atoms with Gasteiger partial charge in [0, 0.05) is 11.4 Å². The van der Waals surface area contributed by atoms with Gasteiger partial charge in [-0.05, 0) is 37.6 Å². The third-order valence-electron chi connectivity index (χ3n) is 4.19. The molecule has 1 atom stereocenters. The zero-order chi connectivity index (χ0) is 18.3. The Kier molecular flexibility index (Phi) is 4.12. The first-order valence-electron chi connectivity index (χ1n) is 8.14. The molecule has 0 fully saturated rings. The van der Waals surface area contributed by atoms with Gasteiger partial charge in [-0.3, -0.25) is 4.79 Å². The highest BCUT2D eigenvalue weighted by Crippen LogP contribution is 2.33. The van der Waals surface area contributed by atoms with Gasteiger partial charge in [0.15, 0.2) is 11.5 Å². The third kappa shape index (κ3) is 3.03. The van der Waals surface area contributed by atoms with Crippen molar-refractivity contribution in [2.45, 2.75) is 26.3 Å². The van der Waals surface area contributed by atoms with Gasteiger partial charge in [0.25, 0.3) is 0 Å². The maximum absolute atomic E-state index is 11.3. The summed E-state index contributed by atoms with van der Waals surface area (Å²) in [7, 11) is 0. The molecule has 0 amide bonds. The van der Waals surface area contributed by atoms with Gasteiger partial charge < -0.3 is 19.9 Å². The number of carbonyl (C=O) groups is 1. The van der Waals surface area contributed by atoms with E-state index in [1.807, 2.05) is 31.2 Å². The number of aromatic nitrogens is 2. The maximum atomic E-state index is 11.3. The maximum Gasteiger partial charge on any atom is 0.313 e. The van der Waals surface area contributed by atoms with Crippen LogP contribution in [0.4, 0.5) is 5.82 Å². The van der Waals surface area contributed by atoms with Crippen molar-refractivity contribution in [3.8, 4) is 11.5 Å². The summed E-state index contributed by atoms with van der Waals surface area (Å²) >= 11 is 1.53. The Morgan fingerprint density at radius 2 is 2.12 bits per heavy atom.